The highest BCUT2D eigenvalue weighted by molar-refractivity contribution is 5.66. The highest BCUT2D eigenvalue weighted by Crippen LogP contribution is 2.11. The van der Waals surface area contributed by atoms with Gasteiger partial charge in [-0.05, 0) is 23.3 Å². The van der Waals surface area contributed by atoms with Crippen LogP contribution >= 0.6 is 0 Å². The Morgan fingerprint density at radius 1 is 0.952 bits per heavy atom. The highest BCUT2D eigenvalue weighted by atomic mass is 19.1. The Hall–Kier alpha value is -2.20. The van der Waals surface area contributed by atoms with E-state index in [2.05, 4.69) is 4.90 Å². The number of carbonyl (C=O) groups is 1. The van der Waals surface area contributed by atoms with Gasteiger partial charge in [0.05, 0.1) is 6.42 Å². The van der Waals surface area contributed by atoms with Crippen LogP contribution in [0.3, 0.4) is 0 Å². The first-order valence-electron chi connectivity index (χ1n) is 6.86. The van der Waals surface area contributed by atoms with Crippen LogP contribution in [-0.4, -0.2) is 22.5 Å². The molecule has 0 heterocycles. The minimum Gasteiger partial charge on any atom is -0.481 e. The summed E-state index contributed by atoms with van der Waals surface area (Å²) >= 11 is 0. The Labute approximate surface area is 123 Å². The molecule has 0 unspecified atom stereocenters. The number of hydrogen-bond acceptors (Lipinski definition) is 2. The first kappa shape index (κ1) is 15.2. The summed E-state index contributed by atoms with van der Waals surface area (Å²) in [6.45, 7) is 1.73. The van der Waals surface area contributed by atoms with Crippen molar-refractivity contribution < 1.29 is 14.3 Å². The van der Waals surface area contributed by atoms with E-state index in [0.29, 0.717) is 19.6 Å². The minimum atomic E-state index is -0.813. The molecule has 0 fully saturated rings. The molecule has 0 saturated heterocycles. The van der Waals surface area contributed by atoms with Gasteiger partial charge in [-0.2, -0.15) is 0 Å². The monoisotopic (exact) mass is 287 g/mol. The zero-order valence-corrected chi connectivity index (χ0v) is 11.7. The van der Waals surface area contributed by atoms with E-state index in [0.717, 1.165) is 11.1 Å². The third-order valence-corrected chi connectivity index (χ3v) is 3.21. The van der Waals surface area contributed by atoms with Crippen LogP contribution in [0.5, 0.6) is 0 Å². The maximum absolute atomic E-state index is 12.9. The van der Waals surface area contributed by atoms with Gasteiger partial charge in [-0.3, -0.25) is 9.69 Å². The second-order valence-electron chi connectivity index (χ2n) is 4.97. The van der Waals surface area contributed by atoms with Crippen LogP contribution in [0.4, 0.5) is 4.39 Å². The van der Waals surface area contributed by atoms with E-state index < -0.39 is 5.97 Å². The fraction of sp³-hybridized carbons (Fsp3) is 0.235. The van der Waals surface area contributed by atoms with E-state index in [4.69, 9.17) is 5.11 Å². The van der Waals surface area contributed by atoms with E-state index in [1.807, 2.05) is 30.3 Å². The fourth-order valence-electron chi connectivity index (χ4n) is 2.16. The SMILES string of the molecule is O=C(O)CCN(Cc1ccccc1)Cc1ccc(F)cc1. The van der Waals surface area contributed by atoms with Gasteiger partial charge in [0.2, 0.25) is 0 Å². The van der Waals surface area contributed by atoms with E-state index >= 15 is 0 Å². The van der Waals surface area contributed by atoms with Crippen molar-refractivity contribution in [1.82, 2.24) is 4.90 Å². The van der Waals surface area contributed by atoms with Crippen LogP contribution in [0.2, 0.25) is 0 Å². The summed E-state index contributed by atoms with van der Waals surface area (Å²) in [5, 5.41) is 8.85. The van der Waals surface area contributed by atoms with Gasteiger partial charge in [-0.1, -0.05) is 42.5 Å². The quantitative estimate of drug-likeness (QED) is 0.849. The minimum absolute atomic E-state index is 0.0913. The molecule has 110 valence electrons. The predicted octanol–water partition coefficient (Wildman–Crippen LogP) is 3.30. The molecule has 2 aromatic carbocycles. The van der Waals surface area contributed by atoms with Crippen molar-refractivity contribution in [3.8, 4) is 0 Å². The molecule has 0 bridgehead atoms. The van der Waals surface area contributed by atoms with Crippen LogP contribution < -0.4 is 0 Å². The van der Waals surface area contributed by atoms with Gasteiger partial charge >= 0.3 is 5.97 Å². The van der Waals surface area contributed by atoms with Crippen LogP contribution in [0, 0.1) is 5.82 Å². The molecule has 0 aromatic heterocycles. The van der Waals surface area contributed by atoms with Crippen LogP contribution in [0.1, 0.15) is 17.5 Å². The number of aliphatic carboxylic acids is 1. The van der Waals surface area contributed by atoms with Gasteiger partial charge in [0, 0.05) is 19.6 Å². The Bertz CT molecular complexity index is 569. The Kier molecular flexibility index (Phi) is 5.46. The number of nitrogens with zero attached hydrogens (tertiary/aromatic N) is 1. The van der Waals surface area contributed by atoms with E-state index in [1.54, 1.807) is 12.1 Å². The molecule has 3 nitrogen and oxygen atoms in total. The van der Waals surface area contributed by atoms with Crippen molar-refractivity contribution in [2.45, 2.75) is 19.5 Å². The second-order valence-corrected chi connectivity index (χ2v) is 4.97. The summed E-state index contributed by atoms with van der Waals surface area (Å²) in [6, 6.07) is 16.2. The van der Waals surface area contributed by atoms with E-state index in [9.17, 15) is 9.18 Å². The summed E-state index contributed by atoms with van der Waals surface area (Å²) in [7, 11) is 0. The molecule has 2 aromatic rings. The molecular weight excluding hydrogens is 269 g/mol. The summed E-state index contributed by atoms with van der Waals surface area (Å²) in [4.78, 5) is 12.8. The van der Waals surface area contributed by atoms with Crippen molar-refractivity contribution in [2.75, 3.05) is 6.54 Å². The molecule has 0 spiro atoms. The molecule has 2 rings (SSSR count). The lowest BCUT2D eigenvalue weighted by molar-refractivity contribution is -0.137. The molecule has 21 heavy (non-hydrogen) atoms. The number of benzene rings is 2. The van der Waals surface area contributed by atoms with Gasteiger partial charge in [0.25, 0.3) is 0 Å². The van der Waals surface area contributed by atoms with Gasteiger partial charge < -0.3 is 5.11 Å². The van der Waals surface area contributed by atoms with Crippen LogP contribution in [-0.2, 0) is 17.9 Å². The summed E-state index contributed by atoms with van der Waals surface area (Å²) in [5.41, 5.74) is 2.10. The van der Waals surface area contributed by atoms with Crippen molar-refractivity contribution in [2.24, 2.45) is 0 Å². The summed E-state index contributed by atoms with van der Waals surface area (Å²) in [5.74, 6) is -1.08. The van der Waals surface area contributed by atoms with Gasteiger partial charge in [-0.25, -0.2) is 4.39 Å². The van der Waals surface area contributed by atoms with Crippen molar-refractivity contribution in [3.63, 3.8) is 0 Å². The fourth-order valence-corrected chi connectivity index (χ4v) is 2.16. The van der Waals surface area contributed by atoms with Gasteiger partial charge in [0.1, 0.15) is 5.82 Å². The van der Waals surface area contributed by atoms with Crippen molar-refractivity contribution in [3.05, 3.63) is 71.5 Å². The lowest BCUT2D eigenvalue weighted by atomic mass is 10.1. The largest absolute Gasteiger partial charge is 0.481 e. The first-order chi connectivity index (χ1) is 10.1. The average molecular weight is 287 g/mol. The third kappa shape index (κ3) is 5.36. The maximum atomic E-state index is 12.9. The summed E-state index contributed by atoms with van der Waals surface area (Å²) in [6.07, 6.45) is 0.0913. The number of carboxylic acids is 1. The molecule has 0 saturated carbocycles. The lowest BCUT2D eigenvalue weighted by Gasteiger charge is -2.21. The smallest absolute Gasteiger partial charge is 0.304 e. The molecule has 0 aliphatic heterocycles. The number of carboxylic acid groups (broad SMARTS) is 1. The normalized spacial score (nSPS) is 10.8. The highest BCUT2D eigenvalue weighted by Gasteiger charge is 2.09. The Balaban J connectivity index is 2.04. The second kappa shape index (κ2) is 7.55. The maximum Gasteiger partial charge on any atom is 0.304 e. The van der Waals surface area contributed by atoms with E-state index in [1.165, 1.54) is 12.1 Å². The van der Waals surface area contributed by atoms with Crippen molar-refractivity contribution >= 4 is 5.97 Å². The number of hydrogen-bond donors (Lipinski definition) is 1. The predicted molar refractivity (Wildman–Crippen MR) is 79.2 cm³/mol. The first-order valence-corrected chi connectivity index (χ1v) is 6.86. The molecule has 1 N–H and O–H groups in total. The average Bonchev–Trinajstić information content (AvgIpc) is 2.48. The number of rotatable bonds is 7. The molecular formula is C17H18FNO2. The topological polar surface area (TPSA) is 40.5 Å². The molecule has 0 aliphatic rings. The van der Waals surface area contributed by atoms with Crippen molar-refractivity contribution in [1.29, 1.82) is 0 Å². The van der Waals surface area contributed by atoms with Gasteiger partial charge in [-0.15, -0.1) is 0 Å². The zero-order valence-electron chi connectivity index (χ0n) is 11.7. The molecule has 0 amide bonds. The molecule has 0 radical (unpaired) electrons. The lowest BCUT2D eigenvalue weighted by Crippen LogP contribution is -2.25. The standard InChI is InChI=1S/C17H18FNO2/c18-16-8-6-15(7-9-16)13-19(11-10-17(20)21)12-14-4-2-1-3-5-14/h1-9H,10-13H2,(H,20,21). The Morgan fingerprint density at radius 2 is 1.52 bits per heavy atom. The van der Waals surface area contributed by atoms with E-state index in [-0.39, 0.29) is 12.2 Å². The van der Waals surface area contributed by atoms with Gasteiger partial charge in [0.15, 0.2) is 0 Å². The Morgan fingerprint density at radius 3 is 2.10 bits per heavy atom. The zero-order chi connectivity index (χ0) is 15.1. The van der Waals surface area contributed by atoms with Crippen LogP contribution in [0.15, 0.2) is 54.6 Å². The molecule has 0 atom stereocenters. The third-order valence-electron chi connectivity index (χ3n) is 3.21. The molecule has 4 heteroatoms. The molecule has 0 aliphatic carbocycles. The van der Waals surface area contributed by atoms with Crippen LogP contribution in [0.25, 0.3) is 0 Å². The summed E-state index contributed by atoms with van der Waals surface area (Å²) < 4.78 is 12.9. The number of halogens is 1.